The molecule has 0 saturated carbocycles. The Morgan fingerprint density at radius 3 is 2.82 bits per heavy atom. The maximum absolute atomic E-state index is 12.0. The molecule has 0 spiro atoms. The molecule has 2 fully saturated rings. The smallest absolute Gasteiger partial charge is 0.237 e. The Hall–Kier alpha value is -0.610. The van der Waals surface area contributed by atoms with E-state index >= 15 is 0 Å². The van der Waals surface area contributed by atoms with Crippen LogP contribution >= 0.6 is 0 Å². The Morgan fingerprint density at radius 2 is 1.94 bits per heavy atom. The van der Waals surface area contributed by atoms with Crippen molar-refractivity contribution in [2.45, 2.75) is 50.6 Å². The van der Waals surface area contributed by atoms with Gasteiger partial charge in [-0.3, -0.25) is 9.69 Å². The predicted molar refractivity (Wildman–Crippen MR) is 68.9 cm³/mol. The van der Waals surface area contributed by atoms with Crippen molar-refractivity contribution in [3.63, 3.8) is 0 Å². The lowest BCUT2D eigenvalue weighted by Gasteiger charge is -2.33. The topological polar surface area (TPSA) is 44.4 Å². The van der Waals surface area contributed by atoms with Crippen LogP contribution in [0.1, 0.15) is 38.5 Å². The highest BCUT2D eigenvalue weighted by Gasteiger charge is 2.29. The number of rotatable bonds is 2. The number of carbonyl (C=O) groups excluding carboxylic acids is 1. The number of nitrogens with zero attached hydrogens (tertiary/aromatic N) is 1. The molecular weight excluding hydrogens is 214 g/mol. The van der Waals surface area contributed by atoms with Crippen LogP contribution in [-0.2, 0) is 4.79 Å². The molecule has 0 aliphatic carbocycles. The summed E-state index contributed by atoms with van der Waals surface area (Å²) in [6.07, 6.45) is 6.92. The van der Waals surface area contributed by atoms with Crippen molar-refractivity contribution >= 4 is 5.91 Å². The van der Waals surface area contributed by atoms with E-state index in [1.54, 1.807) is 0 Å². The van der Waals surface area contributed by atoms with E-state index in [-0.39, 0.29) is 11.9 Å². The summed E-state index contributed by atoms with van der Waals surface area (Å²) in [5, 5.41) is 6.47. The highest BCUT2D eigenvalue weighted by molar-refractivity contribution is 5.81. The zero-order chi connectivity index (χ0) is 12.1. The van der Waals surface area contributed by atoms with Crippen molar-refractivity contribution in [2.24, 2.45) is 0 Å². The number of likely N-dealkylation sites (N-methyl/N-ethyl adjacent to an activating group) is 1. The van der Waals surface area contributed by atoms with Crippen LogP contribution in [0.4, 0.5) is 0 Å². The summed E-state index contributed by atoms with van der Waals surface area (Å²) < 4.78 is 0. The zero-order valence-corrected chi connectivity index (χ0v) is 10.9. The van der Waals surface area contributed by atoms with Gasteiger partial charge in [-0.15, -0.1) is 0 Å². The summed E-state index contributed by atoms with van der Waals surface area (Å²) in [6, 6.07) is 0.666. The monoisotopic (exact) mass is 239 g/mol. The fraction of sp³-hybridized carbons (Fsp3) is 0.923. The molecule has 2 saturated heterocycles. The van der Waals surface area contributed by atoms with Crippen LogP contribution in [-0.4, -0.2) is 49.6 Å². The fourth-order valence-corrected chi connectivity index (χ4v) is 2.97. The second-order valence-electron chi connectivity index (χ2n) is 5.30. The van der Waals surface area contributed by atoms with Gasteiger partial charge >= 0.3 is 0 Å². The summed E-state index contributed by atoms with van der Waals surface area (Å²) in [6.45, 7) is 3.07. The minimum absolute atomic E-state index is 0.0978. The highest BCUT2D eigenvalue weighted by Crippen LogP contribution is 2.19. The van der Waals surface area contributed by atoms with Crippen LogP contribution in [0.3, 0.4) is 0 Å². The number of amides is 1. The van der Waals surface area contributed by atoms with Gasteiger partial charge in [0.1, 0.15) is 0 Å². The number of carbonyl (C=O) groups is 1. The molecule has 2 atom stereocenters. The lowest BCUT2D eigenvalue weighted by atomic mass is 10.0. The first-order chi connectivity index (χ1) is 8.29. The third-order valence-electron chi connectivity index (χ3n) is 4.12. The molecule has 2 unspecified atom stereocenters. The first kappa shape index (κ1) is 12.8. The largest absolute Gasteiger partial charge is 0.355 e. The van der Waals surface area contributed by atoms with E-state index < -0.39 is 0 Å². The van der Waals surface area contributed by atoms with E-state index in [0.717, 1.165) is 32.5 Å². The van der Waals surface area contributed by atoms with E-state index in [4.69, 9.17) is 0 Å². The Bertz CT molecular complexity index is 249. The predicted octanol–water partition coefficient (Wildman–Crippen LogP) is 0.729. The van der Waals surface area contributed by atoms with Crippen LogP contribution in [0.15, 0.2) is 0 Å². The molecule has 98 valence electrons. The highest BCUT2D eigenvalue weighted by atomic mass is 16.2. The second kappa shape index (κ2) is 6.36. The molecule has 1 amide bonds. The molecule has 2 heterocycles. The van der Waals surface area contributed by atoms with Crippen LogP contribution in [0.5, 0.6) is 0 Å². The molecule has 0 bridgehead atoms. The first-order valence-corrected chi connectivity index (χ1v) is 6.99. The summed E-state index contributed by atoms with van der Waals surface area (Å²) in [4.78, 5) is 14.3. The average molecular weight is 239 g/mol. The fourth-order valence-electron chi connectivity index (χ4n) is 2.97. The molecule has 0 aromatic carbocycles. The molecule has 2 aliphatic rings. The summed E-state index contributed by atoms with van der Waals surface area (Å²) >= 11 is 0. The van der Waals surface area contributed by atoms with Gasteiger partial charge in [0.25, 0.3) is 0 Å². The van der Waals surface area contributed by atoms with Crippen molar-refractivity contribution in [1.82, 2.24) is 15.5 Å². The van der Waals surface area contributed by atoms with E-state index in [9.17, 15) is 4.79 Å². The molecule has 4 heteroatoms. The Kier molecular flexibility index (Phi) is 4.80. The van der Waals surface area contributed by atoms with Gasteiger partial charge in [0.15, 0.2) is 0 Å². The van der Waals surface area contributed by atoms with Gasteiger partial charge in [-0.25, -0.2) is 0 Å². The number of hydrogen-bond donors (Lipinski definition) is 2. The quantitative estimate of drug-likeness (QED) is 0.746. The lowest BCUT2D eigenvalue weighted by molar-refractivity contribution is -0.126. The minimum atomic E-state index is 0.0978. The van der Waals surface area contributed by atoms with Crippen molar-refractivity contribution in [3.05, 3.63) is 0 Å². The van der Waals surface area contributed by atoms with E-state index in [0.29, 0.717) is 6.04 Å². The third-order valence-corrected chi connectivity index (χ3v) is 4.12. The van der Waals surface area contributed by atoms with Crippen LogP contribution in [0.25, 0.3) is 0 Å². The molecule has 2 rings (SSSR count). The zero-order valence-electron chi connectivity index (χ0n) is 10.9. The lowest BCUT2D eigenvalue weighted by Crippen LogP contribution is -2.48. The van der Waals surface area contributed by atoms with Gasteiger partial charge in [0.05, 0.1) is 6.04 Å². The summed E-state index contributed by atoms with van der Waals surface area (Å²) in [5.41, 5.74) is 0. The first-order valence-electron chi connectivity index (χ1n) is 6.99. The van der Waals surface area contributed by atoms with Gasteiger partial charge in [-0.1, -0.05) is 0 Å². The van der Waals surface area contributed by atoms with Crippen LogP contribution < -0.4 is 10.6 Å². The SMILES string of the molecule is CN(C1CCCNCC1)C1CCCCNC1=O. The number of nitrogens with one attached hydrogen (secondary N) is 2. The molecule has 0 aromatic heterocycles. The molecule has 2 aliphatic heterocycles. The number of hydrogen-bond acceptors (Lipinski definition) is 3. The van der Waals surface area contributed by atoms with E-state index in [2.05, 4.69) is 22.6 Å². The van der Waals surface area contributed by atoms with E-state index in [1.165, 1.54) is 25.7 Å². The third kappa shape index (κ3) is 3.42. The standard InChI is InChI=1S/C13H25N3O/c1-16(11-5-4-8-14-10-7-11)12-6-2-3-9-15-13(12)17/h11-12,14H,2-10H2,1H3,(H,15,17). The van der Waals surface area contributed by atoms with Gasteiger partial charge < -0.3 is 10.6 Å². The second-order valence-corrected chi connectivity index (χ2v) is 5.30. The maximum atomic E-state index is 12.0. The van der Waals surface area contributed by atoms with Gasteiger partial charge in [0.2, 0.25) is 5.91 Å². The minimum Gasteiger partial charge on any atom is -0.355 e. The van der Waals surface area contributed by atoms with Crippen molar-refractivity contribution in [1.29, 1.82) is 0 Å². The molecule has 2 N–H and O–H groups in total. The van der Waals surface area contributed by atoms with Gasteiger partial charge in [-0.2, -0.15) is 0 Å². The van der Waals surface area contributed by atoms with Crippen LogP contribution in [0, 0.1) is 0 Å². The van der Waals surface area contributed by atoms with E-state index in [1.807, 2.05) is 0 Å². The Morgan fingerprint density at radius 1 is 1.06 bits per heavy atom. The summed E-state index contributed by atoms with van der Waals surface area (Å²) in [5.74, 6) is 0.238. The van der Waals surface area contributed by atoms with Crippen LogP contribution in [0.2, 0.25) is 0 Å². The van der Waals surface area contributed by atoms with Gasteiger partial charge in [-0.05, 0) is 58.7 Å². The van der Waals surface area contributed by atoms with Crippen molar-refractivity contribution in [3.8, 4) is 0 Å². The average Bonchev–Trinajstić information content (AvgIpc) is 2.70. The van der Waals surface area contributed by atoms with Crippen molar-refractivity contribution in [2.75, 3.05) is 26.7 Å². The molecule has 17 heavy (non-hydrogen) atoms. The summed E-state index contributed by atoms with van der Waals surface area (Å²) in [7, 11) is 2.13. The molecule has 4 nitrogen and oxygen atoms in total. The Labute approximate surface area is 104 Å². The maximum Gasteiger partial charge on any atom is 0.237 e. The normalized spacial score (nSPS) is 31.8. The Balaban J connectivity index is 1.95. The van der Waals surface area contributed by atoms with Gasteiger partial charge in [0, 0.05) is 12.6 Å². The molecule has 0 aromatic rings. The molecular formula is C13H25N3O. The van der Waals surface area contributed by atoms with Crippen molar-refractivity contribution < 1.29 is 4.79 Å². The molecule has 0 radical (unpaired) electrons.